The van der Waals surface area contributed by atoms with Gasteiger partial charge in [0, 0.05) is 0 Å². The van der Waals surface area contributed by atoms with E-state index < -0.39 is 23.5 Å². The van der Waals surface area contributed by atoms with Crippen LogP contribution in [0.1, 0.15) is 37.5 Å². The van der Waals surface area contributed by atoms with Crippen LogP contribution in [0, 0.1) is 12.7 Å². The molecule has 0 saturated carbocycles. The van der Waals surface area contributed by atoms with Gasteiger partial charge in [-0.2, -0.15) is 0 Å². The average molecular weight is 329 g/mol. The summed E-state index contributed by atoms with van der Waals surface area (Å²) in [4.78, 5) is 12.0. The van der Waals surface area contributed by atoms with Crippen molar-refractivity contribution in [3.8, 4) is 0 Å². The second kappa shape index (κ2) is 7.14. The molecule has 0 bridgehead atoms. The Hall–Kier alpha value is -2.20. The minimum atomic E-state index is -0.692. The van der Waals surface area contributed by atoms with E-state index in [9.17, 15) is 9.18 Å². The second-order valence-electron chi connectivity index (χ2n) is 6.44. The summed E-state index contributed by atoms with van der Waals surface area (Å²) in [6, 6.07) is 13.6. The maximum absolute atomic E-state index is 13.3. The molecule has 0 amide bonds. The van der Waals surface area contributed by atoms with Crippen LogP contribution in [0.2, 0.25) is 0 Å². The Morgan fingerprint density at radius 3 is 1.96 bits per heavy atom. The van der Waals surface area contributed by atoms with E-state index in [1.165, 1.54) is 12.1 Å². The van der Waals surface area contributed by atoms with Crippen molar-refractivity contribution in [2.75, 3.05) is 0 Å². The smallest absolute Gasteiger partial charge is 0.322 e. The first-order valence-electron chi connectivity index (χ1n) is 8.04. The summed E-state index contributed by atoms with van der Waals surface area (Å²) in [7, 11) is 0. The van der Waals surface area contributed by atoms with Crippen LogP contribution in [0.4, 0.5) is 4.39 Å². The molecule has 0 aliphatic carbocycles. The number of ether oxygens (including phenoxy) is 1. The zero-order chi connectivity index (χ0) is 17.9. The first-order chi connectivity index (χ1) is 11.2. The molecule has 0 heterocycles. The van der Waals surface area contributed by atoms with E-state index in [0.29, 0.717) is 0 Å². The van der Waals surface area contributed by atoms with Crippen LogP contribution in [-0.2, 0) is 14.9 Å². The number of aryl methyl sites for hydroxylation is 1. The Labute approximate surface area is 142 Å². The molecule has 0 radical (unpaired) electrons. The molecule has 2 rings (SSSR count). The molecule has 24 heavy (non-hydrogen) atoms. The Morgan fingerprint density at radius 2 is 1.50 bits per heavy atom. The Kier molecular flexibility index (Phi) is 5.40. The number of halogens is 1. The summed E-state index contributed by atoms with van der Waals surface area (Å²) in [5.74, 6) is -0.756. The van der Waals surface area contributed by atoms with Crippen molar-refractivity contribution in [1.29, 1.82) is 0 Å². The highest BCUT2D eigenvalue weighted by Gasteiger charge is 2.38. The zero-order valence-electron chi connectivity index (χ0n) is 14.5. The van der Waals surface area contributed by atoms with Gasteiger partial charge in [-0.3, -0.25) is 4.79 Å². The van der Waals surface area contributed by atoms with Gasteiger partial charge in [-0.1, -0.05) is 42.0 Å². The third kappa shape index (κ3) is 3.65. The van der Waals surface area contributed by atoms with Crippen LogP contribution in [-0.4, -0.2) is 18.1 Å². The van der Waals surface area contributed by atoms with E-state index in [1.54, 1.807) is 19.1 Å². The lowest BCUT2D eigenvalue weighted by Crippen LogP contribution is -2.42. The zero-order valence-corrected chi connectivity index (χ0v) is 14.5. The molecule has 0 aliphatic rings. The summed E-state index contributed by atoms with van der Waals surface area (Å²) in [6.45, 7) is 7.43. The number of carbonyl (C=O) groups is 1. The molecule has 0 aromatic heterocycles. The largest absolute Gasteiger partial charge is 0.460 e. The quantitative estimate of drug-likeness (QED) is 0.851. The maximum atomic E-state index is 13.3. The fraction of sp³-hybridized carbons (Fsp3) is 0.350. The van der Waals surface area contributed by atoms with Crippen molar-refractivity contribution in [3.05, 3.63) is 71.0 Å². The van der Waals surface area contributed by atoms with Crippen molar-refractivity contribution in [3.63, 3.8) is 0 Å². The molecule has 128 valence electrons. The molecule has 0 saturated heterocycles. The minimum Gasteiger partial charge on any atom is -0.460 e. The average Bonchev–Trinajstić information content (AvgIpc) is 2.55. The molecule has 0 spiro atoms. The predicted molar refractivity (Wildman–Crippen MR) is 93.2 cm³/mol. The van der Waals surface area contributed by atoms with Gasteiger partial charge in [0.2, 0.25) is 0 Å². The van der Waals surface area contributed by atoms with Gasteiger partial charge in [0.05, 0.1) is 5.41 Å². The van der Waals surface area contributed by atoms with Crippen LogP contribution in [0.3, 0.4) is 0 Å². The maximum Gasteiger partial charge on any atom is 0.322 e. The second-order valence-corrected chi connectivity index (χ2v) is 6.44. The first kappa shape index (κ1) is 18.1. The molecule has 4 heteroatoms. The Bertz CT molecular complexity index is 647. The molecule has 2 aromatic carbocycles. The van der Waals surface area contributed by atoms with E-state index in [2.05, 4.69) is 0 Å². The predicted octanol–water partition coefficient (Wildman–Crippen LogP) is 3.72. The topological polar surface area (TPSA) is 52.3 Å². The molecule has 0 aliphatic heterocycles. The Morgan fingerprint density at radius 1 is 1.04 bits per heavy atom. The van der Waals surface area contributed by atoms with Crippen molar-refractivity contribution in [2.24, 2.45) is 5.73 Å². The van der Waals surface area contributed by atoms with Gasteiger partial charge < -0.3 is 10.5 Å². The molecule has 2 aromatic rings. The molecule has 0 fully saturated rings. The third-order valence-corrected chi connectivity index (χ3v) is 4.57. The van der Waals surface area contributed by atoms with Gasteiger partial charge >= 0.3 is 5.97 Å². The van der Waals surface area contributed by atoms with Gasteiger partial charge in [-0.15, -0.1) is 0 Å². The van der Waals surface area contributed by atoms with Crippen LogP contribution >= 0.6 is 0 Å². The number of hydrogen-bond acceptors (Lipinski definition) is 3. The van der Waals surface area contributed by atoms with Crippen LogP contribution in [0.5, 0.6) is 0 Å². The SMILES string of the molecule is Cc1ccc(C(C)(c2ccc(F)cc2)C(C)OC(=O)C(C)N)cc1. The monoisotopic (exact) mass is 329 g/mol. The van der Waals surface area contributed by atoms with E-state index in [-0.39, 0.29) is 5.82 Å². The molecule has 3 unspecified atom stereocenters. The minimum absolute atomic E-state index is 0.301. The molecule has 3 atom stereocenters. The number of nitrogens with two attached hydrogens (primary N) is 1. The van der Waals surface area contributed by atoms with E-state index in [0.717, 1.165) is 16.7 Å². The normalized spacial score (nSPS) is 16.1. The fourth-order valence-electron chi connectivity index (χ4n) is 2.73. The summed E-state index contributed by atoms with van der Waals surface area (Å²) < 4.78 is 18.9. The summed E-state index contributed by atoms with van der Waals surface area (Å²) in [6.07, 6.45) is -0.468. The number of esters is 1. The number of rotatable bonds is 5. The summed E-state index contributed by atoms with van der Waals surface area (Å²) >= 11 is 0. The number of hydrogen-bond donors (Lipinski definition) is 1. The van der Waals surface area contributed by atoms with Crippen LogP contribution < -0.4 is 5.73 Å². The lowest BCUT2D eigenvalue weighted by Gasteiger charge is -2.36. The van der Waals surface area contributed by atoms with Crippen molar-refractivity contribution >= 4 is 5.97 Å². The third-order valence-electron chi connectivity index (χ3n) is 4.57. The number of carbonyl (C=O) groups excluding carboxylic acids is 1. The van der Waals surface area contributed by atoms with Crippen molar-refractivity contribution < 1.29 is 13.9 Å². The van der Waals surface area contributed by atoms with Gasteiger partial charge in [0.15, 0.2) is 0 Å². The van der Waals surface area contributed by atoms with E-state index >= 15 is 0 Å². The molecule has 3 nitrogen and oxygen atoms in total. The summed E-state index contributed by atoms with van der Waals surface area (Å²) in [5.41, 5.74) is 8.00. The van der Waals surface area contributed by atoms with E-state index in [1.807, 2.05) is 45.0 Å². The van der Waals surface area contributed by atoms with Gasteiger partial charge in [-0.25, -0.2) is 4.39 Å². The molecular weight excluding hydrogens is 305 g/mol. The van der Waals surface area contributed by atoms with Gasteiger partial charge in [0.1, 0.15) is 18.0 Å². The fourth-order valence-corrected chi connectivity index (χ4v) is 2.73. The Balaban J connectivity index is 2.49. The lowest BCUT2D eigenvalue weighted by molar-refractivity contribution is -0.151. The van der Waals surface area contributed by atoms with Crippen LogP contribution in [0.25, 0.3) is 0 Å². The molecular formula is C20H24FNO2. The standard InChI is InChI=1S/C20H24FNO2/c1-13-5-7-16(8-6-13)20(4,15(3)24-19(23)14(2)22)17-9-11-18(21)12-10-17/h5-12,14-15H,22H2,1-4H3. The lowest BCUT2D eigenvalue weighted by atomic mass is 9.72. The highest BCUT2D eigenvalue weighted by Crippen LogP contribution is 2.37. The van der Waals surface area contributed by atoms with Crippen LogP contribution in [0.15, 0.2) is 48.5 Å². The molecule has 2 N–H and O–H groups in total. The van der Waals surface area contributed by atoms with Gasteiger partial charge in [0.25, 0.3) is 0 Å². The first-order valence-corrected chi connectivity index (χ1v) is 8.04. The van der Waals surface area contributed by atoms with Gasteiger partial charge in [-0.05, 0) is 51.0 Å². The van der Waals surface area contributed by atoms with Crippen molar-refractivity contribution in [2.45, 2.75) is 45.3 Å². The highest BCUT2D eigenvalue weighted by molar-refractivity contribution is 5.75. The van der Waals surface area contributed by atoms with Crippen molar-refractivity contribution in [1.82, 2.24) is 0 Å². The van der Waals surface area contributed by atoms with E-state index in [4.69, 9.17) is 10.5 Å². The number of benzene rings is 2. The highest BCUT2D eigenvalue weighted by atomic mass is 19.1. The summed E-state index contributed by atoms with van der Waals surface area (Å²) in [5, 5.41) is 0.